The molecule has 2 aliphatic rings. The first-order valence-corrected chi connectivity index (χ1v) is 7.27. The molecule has 1 fully saturated rings. The number of para-hydroxylation sites is 1. The van der Waals surface area contributed by atoms with Crippen molar-refractivity contribution in [3.63, 3.8) is 0 Å². The fourth-order valence-corrected chi connectivity index (χ4v) is 3.66. The molecule has 3 rings (SSSR count). The van der Waals surface area contributed by atoms with E-state index in [2.05, 4.69) is 0 Å². The maximum atomic E-state index is 11.7. The Bertz CT molecular complexity index is 677. The first-order valence-electron chi connectivity index (χ1n) is 7.27. The van der Waals surface area contributed by atoms with Crippen molar-refractivity contribution in [2.75, 3.05) is 20.1 Å². The zero-order chi connectivity index (χ0) is 16.7. The minimum Gasteiger partial charge on any atom is -0.462 e. The number of hydrogen-bond acceptors (Lipinski definition) is 6. The number of fused-ring (bicyclic) bond motifs is 2. The summed E-state index contributed by atoms with van der Waals surface area (Å²) in [5.41, 5.74) is -2.87. The van der Waals surface area contributed by atoms with E-state index in [1.807, 2.05) is 6.07 Å². The van der Waals surface area contributed by atoms with E-state index in [1.165, 1.54) is 6.08 Å². The van der Waals surface area contributed by atoms with E-state index in [4.69, 9.17) is 4.74 Å². The van der Waals surface area contributed by atoms with Crippen molar-refractivity contribution in [2.45, 2.75) is 23.9 Å². The first-order chi connectivity index (χ1) is 10.9. The molecular formula is C15H17N3O5. The normalized spacial score (nSPS) is 30.4. The second kappa shape index (κ2) is 5.31. The molecule has 1 heterocycles. The highest BCUT2D eigenvalue weighted by Crippen LogP contribution is 2.43. The van der Waals surface area contributed by atoms with Crippen molar-refractivity contribution < 1.29 is 14.6 Å². The van der Waals surface area contributed by atoms with Crippen LogP contribution in [0.1, 0.15) is 12.8 Å². The topological polar surface area (TPSA) is 98.8 Å². The quantitative estimate of drug-likeness (QED) is 0.619. The van der Waals surface area contributed by atoms with E-state index >= 15 is 0 Å². The number of nitro groups is 2. The van der Waals surface area contributed by atoms with Gasteiger partial charge in [0.05, 0.1) is 25.9 Å². The van der Waals surface area contributed by atoms with Gasteiger partial charge in [-0.1, -0.05) is 18.2 Å². The first kappa shape index (κ1) is 15.4. The third kappa shape index (κ3) is 2.65. The molecule has 0 radical (unpaired) electrons. The second-order valence-corrected chi connectivity index (χ2v) is 6.39. The van der Waals surface area contributed by atoms with Gasteiger partial charge in [-0.15, -0.1) is 0 Å². The monoisotopic (exact) mass is 319 g/mol. The number of nitrogens with zero attached hydrogens (tertiary/aromatic N) is 3. The van der Waals surface area contributed by atoms with Crippen molar-refractivity contribution in [3.05, 3.63) is 62.4 Å². The summed E-state index contributed by atoms with van der Waals surface area (Å²) in [7, 11) is 1.67. The van der Waals surface area contributed by atoms with Gasteiger partial charge in [0.25, 0.3) is 5.54 Å². The molecule has 0 aromatic heterocycles. The van der Waals surface area contributed by atoms with Gasteiger partial charge in [0.15, 0.2) is 0 Å². The molecule has 23 heavy (non-hydrogen) atoms. The van der Waals surface area contributed by atoms with E-state index in [0.717, 1.165) is 0 Å². The van der Waals surface area contributed by atoms with Gasteiger partial charge in [0, 0.05) is 15.9 Å². The molecular weight excluding hydrogens is 302 g/mol. The maximum absolute atomic E-state index is 11.7. The summed E-state index contributed by atoms with van der Waals surface area (Å²) < 4.78 is 5.71. The highest BCUT2D eigenvalue weighted by molar-refractivity contribution is 5.28. The van der Waals surface area contributed by atoms with Crippen LogP contribution >= 0.6 is 0 Å². The highest BCUT2D eigenvalue weighted by atomic mass is 16.6. The molecule has 2 atom stereocenters. The molecule has 1 aliphatic heterocycles. The van der Waals surface area contributed by atoms with E-state index in [0.29, 0.717) is 11.5 Å². The number of hydrogen-bond donors (Lipinski definition) is 0. The van der Waals surface area contributed by atoms with Gasteiger partial charge in [-0.2, -0.15) is 0 Å². The summed E-state index contributed by atoms with van der Waals surface area (Å²) in [5, 5.41) is 23.3. The van der Waals surface area contributed by atoms with E-state index < -0.39 is 16.0 Å². The lowest BCUT2D eigenvalue weighted by molar-refractivity contribution is -0.620. The summed E-state index contributed by atoms with van der Waals surface area (Å²) in [5.74, 6) is 0.813. The van der Waals surface area contributed by atoms with Gasteiger partial charge in [-0.05, 0) is 19.2 Å². The van der Waals surface area contributed by atoms with Gasteiger partial charge in [0.1, 0.15) is 11.5 Å². The van der Waals surface area contributed by atoms with E-state index in [1.54, 1.807) is 36.2 Å². The smallest absolute Gasteiger partial charge is 0.263 e. The highest BCUT2D eigenvalue weighted by Gasteiger charge is 2.64. The molecule has 0 saturated carbocycles. The van der Waals surface area contributed by atoms with Crippen LogP contribution < -0.4 is 4.74 Å². The number of likely N-dealkylation sites (N-methyl/N-ethyl adjacent to an activating group) is 1. The van der Waals surface area contributed by atoms with Crippen LogP contribution in [0.15, 0.2) is 42.2 Å². The molecule has 1 aromatic rings. The zero-order valence-electron chi connectivity index (χ0n) is 12.7. The van der Waals surface area contributed by atoms with E-state index in [9.17, 15) is 20.2 Å². The van der Waals surface area contributed by atoms with Gasteiger partial charge < -0.3 is 4.74 Å². The number of likely N-dealkylation sites (tertiary alicyclic amines) is 1. The zero-order valence-corrected chi connectivity index (χ0v) is 12.7. The van der Waals surface area contributed by atoms with Crippen molar-refractivity contribution in [3.8, 4) is 5.75 Å². The fraction of sp³-hybridized carbons (Fsp3) is 0.467. The second-order valence-electron chi connectivity index (χ2n) is 6.39. The van der Waals surface area contributed by atoms with Gasteiger partial charge in [-0.3, -0.25) is 25.1 Å². The Kier molecular flexibility index (Phi) is 3.56. The van der Waals surface area contributed by atoms with Crippen LogP contribution in [0.25, 0.3) is 0 Å². The Morgan fingerprint density at radius 2 is 1.83 bits per heavy atom. The lowest BCUT2D eigenvalue weighted by Gasteiger charge is -2.43. The Morgan fingerprint density at radius 1 is 1.13 bits per heavy atom. The molecule has 0 unspecified atom stereocenters. The Morgan fingerprint density at radius 3 is 2.43 bits per heavy atom. The largest absolute Gasteiger partial charge is 0.462 e. The SMILES string of the molecule is CN1C[C@@]2([N+](=O)[O-])C=C(Oc3ccccc3)C[C@@]([N+](=O)[O-])(C1)C2. The summed E-state index contributed by atoms with van der Waals surface area (Å²) in [6.07, 6.45) is 1.40. The predicted octanol–water partition coefficient (Wildman–Crippen LogP) is 1.72. The standard InChI is InChI=1S/C15H17N3O5/c1-16-10-14(17(19)20)7-13(23-12-5-3-2-4-6-12)8-15(9-14,11-16)18(21)22/h2-7H,8-11H2,1H3/t14-,15+/m1/s1. The number of benzene rings is 1. The summed E-state index contributed by atoms with van der Waals surface area (Å²) in [6.45, 7) is 0.308. The lowest BCUT2D eigenvalue weighted by Crippen LogP contribution is -2.65. The number of ether oxygens (including phenoxy) is 1. The minimum atomic E-state index is -1.48. The average molecular weight is 319 g/mol. The summed E-state index contributed by atoms with van der Waals surface area (Å²) >= 11 is 0. The van der Waals surface area contributed by atoms with E-state index in [-0.39, 0.29) is 30.9 Å². The van der Waals surface area contributed by atoms with Crippen molar-refractivity contribution in [2.24, 2.45) is 0 Å². The molecule has 1 aliphatic carbocycles. The molecule has 1 aromatic carbocycles. The molecule has 0 amide bonds. The number of piperidine rings is 1. The van der Waals surface area contributed by atoms with Crippen LogP contribution in [0.4, 0.5) is 0 Å². The molecule has 0 N–H and O–H groups in total. The maximum Gasteiger partial charge on any atom is 0.263 e. The van der Waals surface area contributed by atoms with Crippen molar-refractivity contribution >= 4 is 0 Å². The molecule has 8 nitrogen and oxygen atoms in total. The van der Waals surface area contributed by atoms with Gasteiger partial charge >= 0.3 is 0 Å². The molecule has 0 spiro atoms. The van der Waals surface area contributed by atoms with Crippen LogP contribution in [-0.2, 0) is 0 Å². The third-order valence-corrected chi connectivity index (χ3v) is 4.42. The van der Waals surface area contributed by atoms with Crippen LogP contribution in [-0.4, -0.2) is 46.0 Å². The molecule has 1 saturated heterocycles. The van der Waals surface area contributed by atoms with Gasteiger partial charge in [-0.25, -0.2) is 0 Å². The Balaban J connectivity index is 2.02. The van der Waals surface area contributed by atoms with Crippen molar-refractivity contribution in [1.82, 2.24) is 4.90 Å². The molecule has 8 heteroatoms. The molecule has 122 valence electrons. The summed E-state index contributed by atoms with van der Waals surface area (Å²) in [6, 6.07) is 8.81. The predicted molar refractivity (Wildman–Crippen MR) is 81.3 cm³/mol. The fourth-order valence-electron chi connectivity index (χ4n) is 3.66. The Hall–Kier alpha value is -2.48. The van der Waals surface area contributed by atoms with Crippen LogP contribution in [0.5, 0.6) is 5.75 Å². The van der Waals surface area contributed by atoms with Crippen molar-refractivity contribution in [1.29, 1.82) is 0 Å². The lowest BCUT2D eigenvalue weighted by atomic mass is 9.71. The van der Waals surface area contributed by atoms with Gasteiger partial charge in [0.2, 0.25) is 5.54 Å². The molecule has 2 bridgehead atoms. The van der Waals surface area contributed by atoms with Crippen LogP contribution in [0.3, 0.4) is 0 Å². The summed E-state index contributed by atoms with van der Waals surface area (Å²) in [4.78, 5) is 24.2. The third-order valence-electron chi connectivity index (χ3n) is 4.42. The van der Waals surface area contributed by atoms with Crippen LogP contribution in [0, 0.1) is 20.2 Å². The Labute approximate surface area is 132 Å². The minimum absolute atomic E-state index is 0.0504. The number of rotatable bonds is 4. The average Bonchev–Trinajstić information content (AvgIpc) is 2.46. The van der Waals surface area contributed by atoms with Crippen LogP contribution in [0.2, 0.25) is 0 Å².